The molecule has 0 aromatic heterocycles. The van der Waals surface area contributed by atoms with Crippen molar-refractivity contribution in [2.75, 3.05) is 6.54 Å². The fourth-order valence-electron chi connectivity index (χ4n) is 5.76. The maximum absolute atomic E-state index is 13.1. The first-order chi connectivity index (χ1) is 14.6. The van der Waals surface area contributed by atoms with Gasteiger partial charge in [-0.05, 0) is 74.2 Å². The molecule has 0 heterocycles. The Morgan fingerprint density at radius 1 is 1.06 bits per heavy atom. The summed E-state index contributed by atoms with van der Waals surface area (Å²) < 4.78 is 0. The predicted octanol–water partition coefficient (Wildman–Crippen LogP) is 2.37. The summed E-state index contributed by atoms with van der Waals surface area (Å²) in [5.41, 5.74) is 5.90. The molecule has 8 nitrogen and oxygen atoms in total. The number of carboxylic acids is 1. The minimum atomic E-state index is -1.08. The van der Waals surface area contributed by atoms with E-state index in [0.29, 0.717) is 44.1 Å². The third kappa shape index (κ3) is 5.33. The van der Waals surface area contributed by atoms with Gasteiger partial charge in [0.15, 0.2) is 0 Å². The van der Waals surface area contributed by atoms with Crippen molar-refractivity contribution in [1.29, 1.82) is 0 Å². The van der Waals surface area contributed by atoms with Crippen LogP contribution in [0.3, 0.4) is 0 Å². The van der Waals surface area contributed by atoms with Crippen LogP contribution in [0.2, 0.25) is 0 Å². The Bertz CT molecular complexity index is 690. The van der Waals surface area contributed by atoms with Crippen molar-refractivity contribution in [3.8, 4) is 0 Å². The van der Waals surface area contributed by atoms with Crippen molar-refractivity contribution < 1.29 is 19.5 Å². The minimum absolute atomic E-state index is 0.135. The number of aliphatic carboxylic acids is 1. The molecule has 0 saturated heterocycles. The summed E-state index contributed by atoms with van der Waals surface area (Å²) in [5.74, 6) is -0.317. The first-order valence-electron chi connectivity index (χ1n) is 11.9. The highest BCUT2D eigenvalue weighted by molar-refractivity contribution is 5.89. The van der Waals surface area contributed by atoms with E-state index in [1.54, 1.807) is 0 Å². The monoisotopic (exact) mass is 436 g/mol. The number of carboxylic acid groups (broad SMARTS) is 1. The average molecular weight is 437 g/mol. The van der Waals surface area contributed by atoms with Crippen LogP contribution >= 0.6 is 0 Å². The predicted molar refractivity (Wildman–Crippen MR) is 118 cm³/mol. The Labute approximate surface area is 185 Å². The van der Waals surface area contributed by atoms with Crippen LogP contribution in [0.1, 0.15) is 78.6 Å². The van der Waals surface area contributed by atoms with Crippen molar-refractivity contribution in [3.05, 3.63) is 0 Å². The largest absolute Gasteiger partial charge is 0.480 e. The maximum Gasteiger partial charge on any atom is 0.326 e. The number of unbranched alkanes of at least 4 members (excludes halogenated alkanes) is 1. The van der Waals surface area contributed by atoms with Gasteiger partial charge in [-0.25, -0.2) is 9.59 Å². The zero-order valence-electron chi connectivity index (χ0n) is 19.2. The van der Waals surface area contributed by atoms with Gasteiger partial charge < -0.3 is 26.8 Å². The van der Waals surface area contributed by atoms with Crippen LogP contribution in [0.15, 0.2) is 0 Å². The highest BCUT2D eigenvalue weighted by Gasteiger charge is 2.60. The molecule has 0 spiro atoms. The third-order valence-electron chi connectivity index (χ3n) is 8.41. The van der Waals surface area contributed by atoms with Crippen molar-refractivity contribution in [1.82, 2.24) is 16.0 Å². The van der Waals surface area contributed by atoms with E-state index >= 15 is 0 Å². The quantitative estimate of drug-likeness (QED) is 0.317. The van der Waals surface area contributed by atoms with E-state index in [9.17, 15) is 19.5 Å². The lowest BCUT2D eigenvalue weighted by atomic mass is 9.71. The molecule has 0 radical (unpaired) electrons. The van der Waals surface area contributed by atoms with Gasteiger partial charge in [-0.15, -0.1) is 0 Å². The number of rotatable bonds is 11. The van der Waals surface area contributed by atoms with Crippen molar-refractivity contribution in [3.63, 3.8) is 0 Å². The van der Waals surface area contributed by atoms with Gasteiger partial charge in [0, 0.05) is 6.04 Å². The zero-order chi connectivity index (χ0) is 22.8. The number of nitrogens with one attached hydrogen (secondary N) is 3. The second kappa shape index (κ2) is 9.35. The van der Waals surface area contributed by atoms with Gasteiger partial charge in [-0.3, -0.25) is 4.79 Å². The summed E-state index contributed by atoms with van der Waals surface area (Å²) >= 11 is 0. The van der Waals surface area contributed by atoms with Crippen LogP contribution in [0.25, 0.3) is 0 Å². The number of hydrogen-bond acceptors (Lipinski definition) is 4. The van der Waals surface area contributed by atoms with E-state index < -0.39 is 24.1 Å². The van der Waals surface area contributed by atoms with E-state index in [2.05, 4.69) is 36.7 Å². The number of urea groups is 1. The SMILES string of the molecule is CC12CCC(C(NC(=O)[C@@H](CC3CC3)NC(=O)N[C@@H](CCCCN)C(=O)O)C1)C2(C)C. The highest BCUT2D eigenvalue weighted by Crippen LogP contribution is 2.65. The fourth-order valence-corrected chi connectivity index (χ4v) is 5.76. The molecule has 2 bridgehead atoms. The van der Waals surface area contributed by atoms with Crippen LogP contribution in [-0.2, 0) is 9.59 Å². The summed E-state index contributed by atoms with van der Waals surface area (Å²) in [6.45, 7) is 7.42. The topological polar surface area (TPSA) is 134 Å². The lowest BCUT2D eigenvalue weighted by Gasteiger charge is -2.33. The van der Waals surface area contributed by atoms with E-state index in [-0.39, 0.29) is 22.8 Å². The molecular formula is C23H40N4O4. The second-order valence-corrected chi connectivity index (χ2v) is 10.8. The van der Waals surface area contributed by atoms with Gasteiger partial charge in [0.05, 0.1) is 0 Å². The molecule has 0 aliphatic heterocycles. The molecule has 0 aromatic carbocycles. The van der Waals surface area contributed by atoms with Crippen molar-refractivity contribution in [2.24, 2.45) is 28.4 Å². The average Bonchev–Trinajstić information content (AvgIpc) is 3.44. The van der Waals surface area contributed by atoms with Crippen LogP contribution < -0.4 is 21.7 Å². The second-order valence-electron chi connectivity index (χ2n) is 10.8. The van der Waals surface area contributed by atoms with Gasteiger partial charge in [0.2, 0.25) is 5.91 Å². The minimum Gasteiger partial charge on any atom is -0.480 e. The highest BCUT2D eigenvalue weighted by atomic mass is 16.4. The van der Waals surface area contributed by atoms with Crippen molar-refractivity contribution in [2.45, 2.75) is 96.7 Å². The molecule has 3 amide bonds. The van der Waals surface area contributed by atoms with Gasteiger partial charge in [-0.1, -0.05) is 33.6 Å². The Hall–Kier alpha value is -1.83. The first-order valence-corrected chi connectivity index (χ1v) is 11.9. The van der Waals surface area contributed by atoms with E-state index in [4.69, 9.17) is 5.73 Å². The molecule has 3 unspecified atom stereocenters. The van der Waals surface area contributed by atoms with Gasteiger partial charge >= 0.3 is 12.0 Å². The fraction of sp³-hybridized carbons (Fsp3) is 0.870. The number of fused-ring (bicyclic) bond motifs is 2. The number of carbonyl (C=O) groups excluding carboxylic acids is 2. The summed E-state index contributed by atoms with van der Waals surface area (Å²) in [4.78, 5) is 37.2. The number of amides is 3. The van der Waals surface area contributed by atoms with E-state index in [1.165, 1.54) is 6.42 Å². The number of nitrogens with two attached hydrogens (primary N) is 1. The molecule has 3 aliphatic rings. The van der Waals surface area contributed by atoms with E-state index in [0.717, 1.165) is 25.7 Å². The molecule has 3 saturated carbocycles. The summed E-state index contributed by atoms with van der Waals surface area (Å²) in [7, 11) is 0. The van der Waals surface area contributed by atoms with Crippen LogP contribution in [0.5, 0.6) is 0 Å². The number of carbonyl (C=O) groups is 3. The Kier molecular flexibility index (Phi) is 7.18. The van der Waals surface area contributed by atoms with Crippen molar-refractivity contribution >= 4 is 17.9 Å². The molecular weight excluding hydrogens is 396 g/mol. The first kappa shape index (κ1) is 23.8. The Balaban J connectivity index is 1.57. The molecule has 3 aliphatic carbocycles. The lowest BCUT2D eigenvalue weighted by Crippen LogP contribution is -2.55. The van der Waals surface area contributed by atoms with Gasteiger partial charge in [-0.2, -0.15) is 0 Å². The molecule has 3 fully saturated rings. The molecule has 176 valence electrons. The van der Waals surface area contributed by atoms with Crippen LogP contribution in [-0.4, -0.2) is 47.7 Å². The summed E-state index contributed by atoms with van der Waals surface area (Å²) in [6, 6.07) is -2.08. The molecule has 3 rings (SSSR count). The molecule has 0 aromatic rings. The van der Waals surface area contributed by atoms with Gasteiger partial charge in [0.1, 0.15) is 12.1 Å². The Morgan fingerprint density at radius 2 is 1.74 bits per heavy atom. The Morgan fingerprint density at radius 3 is 2.26 bits per heavy atom. The smallest absolute Gasteiger partial charge is 0.326 e. The van der Waals surface area contributed by atoms with Crippen LogP contribution in [0.4, 0.5) is 4.79 Å². The molecule has 6 N–H and O–H groups in total. The maximum atomic E-state index is 13.1. The van der Waals surface area contributed by atoms with E-state index in [1.807, 2.05) is 0 Å². The molecule has 5 atom stereocenters. The zero-order valence-corrected chi connectivity index (χ0v) is 19.2. The third-order valence-corrected chi connectivity index (χ3v) is 8.41. The molecule has 8 heteroatoms. The van der Waals surface area contributed by atoms with Gasteiger partial charge in [0.25, 0.3) is 0 Å². The normalized spacial score (nSPS) is 30.5. The van der Waals surface area contributed by atoms with Crippen LogP contribution in [0, 0.1) is 22.7 Å². The lowest BCUT2D eigenvalue weighted by molar-refractivity contribution is -0.139. The number of hydrogen-bond donors (Lipinski definition) is 5. The molecule has 31 heavy (non-hydrogen) atoms. The summed E-state index contributed by atoms with van der Waals surface area (Å²) in [5, 5.41) is 17.9. The summed E-state index contributed by atoms with van der Waals surface area (Å²) in [6.07, 6.45) is 7.68. The standard InChI is InChI=1S/C23H40N4O4/c1-22(2)15-9-10-23(22,3)13-18(15)25-19(28)17(12-14-7-8-14)27-21(31)26-16(20(29)30)6-4-5-11-24/h14-18H,4-13,24H2,1-3H3,(H,25,28)(H,29,30)(H2,26,27,31)/t15?,16-,17+,18?,23?/m0/s1.